The monoisotopic (exact) mass is 307 g/mol. The van der Waals surface area contributed by atoms with E-state index in [0.717, 1.165) is 11.8 Å². The molecule has 0 aliphatic rings. The summed E-state index contributed by atoms with van der Waals surface area (Å²) >= 11 is 0. The predicted octanol–water partition coefficient (Wildman–Crippen LogP) is 2.93. The quantitative estimate of drug-likeness (QED) is 0.787. The Labute approximate surface area is 132 Å². The fourth-order valence-corrected chi connectivity index (χ4v) is 1.76. The summed E-state index contributed by atoms with van der Waals surface area (Å²) < 4.78 is 10.8. The van der Waals surface area contributed by atoms with Crippen LogP contribution in [-0.4, -0.2) is 30.6 Å². The first-order valence-corrected chi connectivity index (χ1v) is 7.38. The van der Waals surface area contributed by atoms with E-state index in [9.17, 15) is 9.59 Å². The summed E-state index contributed by atoms with van der Waals surface area (Å²) in [6.07, 6.45) is 0.253. The molecular formula is C17H25NO4. The second-order valence-corrected chi connectivity index (χ2v) is 6.25. The van der Waals surface area contributed by atoms with Crippen molar-refractivity contribution < 1.29 is 19.1 Å². The van der Waals surface area contributed by atoms with Gasteiger partial charge in [-0.2, -0.15) is 0 Å². The van der Waals surface area contributed by atoms with Gasteiger partial charge in [0.05, 0.1) is 19.3 Å². The molecule has 0 unspecified atom stereocenters. The topological polar surface area (TPSA) is 64.6 Å². The molecule has 0 aliphatic carbocycles. The normalized spacial score (nSPS) is 14.0. The minimum Gasteiger partial charge on any atom is -0.444 e. The minimum atomic E-state index is -0.579. The first kappa shape index (κ1) is 18.2. The Kier molecular flexibility index (Phi) is 7.05. The van der Waals surface area contributed by atoms with Gasteiger partial charge in [-0.15, -0.1) is 0 Å². The maximum Gasteiger partial charge on any atom is 0.407 e. The number of benzene rings is 1. The summed E-state index contributed by atoms with van der Waals surface area (Å²) in [6, 6.07) is 9.30. The first-order valence-electron chi connectivity index (χ1n) is 7.38. The van der Waals surface area contributed by atoms with E-state index in [1.54, 1.807) is 27.7 Å². The largest absolute Gasteiger partial charge is 0.444 e. The Morgan fingerprint density at radius 2 is 1.91 bits per heavy atom. The molecule has 0 saturated heterocycles. The van der Waals surface area contributed by atoms with Crippen molar-refractivity contribution in [1.29, 1.82) is 0 Å². The molecule has 0 bridgehead atoms. The van der Waals surface area contributed by atoms with Crippen molar-refractivity contribution in [1.82, 2.24) is 5.32 Å². The van der Waals surface area contributed by atoms with Crippen LogP contribution in [0, 0.1) is 5.92 Å². The zero-order valence-electron chi connectivity index (χ0n) is 13.7. The summed E-state index contributed by atoms with van der Waals surface area (Å²) in [4.78, 5) is 22.8. The molecule has 0 fully saturated rings. The number of carbonyl (C=O) groups is 2. The molecular weight excluding hydrogens is 282 g/mol. The number of alkyl carbamates (subject to hydrolysis) is 1. The molecule has 1 amide bonds. The number of ether oxygens (including phenoxy) is 2. The van der Waals surface area contributed by atoms with Gasteiger partial charge in [0.25, 0.3) is 0 Å². The van der Waals surface area contributed by atoms with Crippen LogP contribution in [0.3, 0.4) is 0 Å². The lowest BCUT2D eigenvalue weighted by Gasteiger charge is -2.25. The number of hydrogen-bond acceptors (Lipinski definition) is 4. The second kappa shape index (κ2) is 8.54. The van der Waals surface area contributed by atoms with Crippen LogP contribution in [0.1, 0.15) is 33.3 Å². The maximum atomic E-state index is 11.8. The number of nitrogens with one attached hydrogen (secondary N) is 1. The van der Waals surface area contributed by atoms with Crippen molar-refractivity contribution in [3.63, 3.8) is 0 Å². The number of rotatable bonds is 7. The fourth-order valence-electron chi connectivity index (χ4n) is 1.76. The Bertz CT molecular complexity index is 467. The predicted molar refractivity (Wildman–Crippen MR) is 84.5 cm³/mol. The highest BCUT2D eigenvalue weighted by Gasteiger charge is 2.23. The zero-order valence-corrected chi connectivity index (χ0v) is 13.7. The molecule has 1 N–H and O–H groups in total. The first-order chi connectivity index (χ1) is 10.3. The van der Waals surface area contributed by atoms with Crippen molar-refractivity contribution in [3.05, 3.63) is 35.9 Å². The van der Waals surface area contributed by atoms with Crippen LogP contribution in [0.4, 0.5) is 4.79 Å². The summed E-state index contributed by atoms with van der Waals surface area (Å²) in [6.45, 7) is 7.78. The van der Waals surface area contributed by atoms with Crippen LogP contribution in [0.5, 0.6) is 0 Å². The molecule has 0 heterocycles. The van der Waals surface area contributed by atoms with E-state index in [0.29, 0.717) is 6.61 Å². The molecule has 0 saturated carbocycles. The van der Waals surface area contributed by atoms with Gasteiger partial charge in [-0.1, -0.05) is 37.3 Å². The summed E-state index contributed by atoms with van der Waals surface area (Å²) in [5, 5.41) is 2.69. The average molecular weight is 307 g/mol. The zero-order chi connectivity index (χ0) is 16.6. The summed E-state index contributed by atoms with van der Waals surface area (Å²) in [5.41, 5.74) is 0.460. The molecule has 0 aliphatic heterocycles. The molecule has 0 radical (unpaired) electrons. The van der Waals surface area contributed by atoms with Crippen molar-refractivity contribution >= 4 is 12.4 Å². The number of amides is 1. The van der Waals surface area contributed by atoms with E-state index < -0.39 is 17.7 Å². The van der Waals surface area contributed by atoms with Crippen LogP contribution in [0.15, 0.2) is 30.3 Å². The second-order valence-electron chi connectivity index (χ2n) is 6.25. The third kappa shape index (κ3) is 7.22. The van der Waals surface area contributed by atoms with E-state index in [1.165, 1.54) is 0 Å². The van der Waals surface area contributed by atoms with Crippen LogP contribution in [-0.2, 0) is 20.9 Å². The van der Waals surface area contributed by atoms with Gasteiger partial charge < -0.3 is 19.6 Å². The molecule has 1 rings (SSSR count). The molecule has 5 heteroatoms. The Morgan fingerprint density at radius 3 is 2.45 bits per heavy atom. The van der Waals surface area contributed by atoms with E-state index in [2.05, 4.69) is 5.32 Å². The third-order valence-corrected chi connectivity index (χ3v) is 2.96. The van der Waals surface area contributed by atoms with Gasteiger partial charge in [-0.05, 0) is 26.3 Å². The highest BCUT2D eigenvalue weighted by molar-refractivity contribution is 5.69. The van der Waals surface area contributed by atoms with Crippen molar-refractivity contribution in [2.24, 2.45) is 5.92 Å². The molecule has 0 aromatic heterocycles. The van der Waals surface area contributed by atoms with Gasteiger partial charge in [-0.3, -0.25) is 0 Å². The smallest absolute Gasteiger partial charge is 0.407 e. The standard InChI is InChI=1S/C17H25NO4/c1-13(10-19)15(18-16(20)22-17(2,3)4)12-21-11-14-8-6-5-7-9-14/h5-10,13,15H,11-12H2,1-4H3,(H,18,20)/t13-,15+/m0/s1. The Balaban J connectivity index is 2.50. The van der Waals surface area contributed by atoms with Gasteiger partial charge in [0.2, 0.25) is 0 Å². The Morgan fingerprint density at radius 1 is 1.27 bits per heavy atom. The third-order valence-electron chi connectivity index (χ3n) is 2.96. The van der Waals surface area contributed by atoms with Gasteiger partial charge >= 0.3 is 6.09 Å². The SMILES string of the molecule is C[C@@H](C=O)[C@@H](COCc1ccccc1)NC(=O)OC(C)(C)C. The van der Waals surface area contributed by atoms with Gasteiger partial charge in [0, 0.05) is 5.92 Å². The Hall–Kier alpha value is -1.88. The van der Waals surface area contributed by atoms with E-state index in [-0.39, 0.29) is 12.5 Å². The molecule has 2 atom stereocenters. The number of hydrogen-bond donors (Lipinski definition) is 1. The number of carbonyl (C=O) groups excluding carboxylic acids is 2. The molecule has 22 heavy (non-hydrogen) atoms. The lowest BCUT2D eigenvalue weighted by Crippen LogP contribution is -2.45. The van der Waals surface area contributed by atoms with Crippen molar-refractivity contribution in [2.75, 3.05) is 6.61 Å². The van der Waals surface area contributed by atoms with Crippen molar-refractivity contribution in [2.45, 2.75) is 45.9 Å². The molecule has 1 aromatic rings. The average Bonchev–Trinajstić information content (AvgIpc) is 2.44. The van der Waals surface area contributed by atoms with Gasteiger partial charge in [-0.25, -0.2) is 4.79 Å². The number of aldehydes is 1. The highest BCUT2D eigenvalue weighted by Crippen LogP contribution is 2.09. The van der Waals surface area contributed by atoms with Gasteiger partial charge in [0.1, 0.15) is 11.9 Å². The molecule has 122 valence electrons. The van der Waals surface area contributed by atoms with E-state index >= 15 is 0 Å². The minimum absolute atomic E-state index is 0.244. The van der Waals surface area contributed by atoms with E-state index in [1.807, 2.05) is 30.3 Å². The van der Waals surface area contributed by atoms with Gasteiger partial charge in [0.15, 0.2) is 0 Å². The molecule has 5 nitrogen and oxygen atoms in total. The molecule has 1 aromatic carbocycles. The van der Waals surface area contributed by atoms with E-state index in [4.69, 9.17) is 9.47 Å². The summed E-state index contributed by atoms with van der Waals surface area (Å²) in [5.74, 6) is -0.358. The lowest BCUT2D eigenvalue weighted by atomic mass is 10.1. The van der Waals surface area contributed by atoms with Crippen LogP contribution < -0.4 is 5.32 Å². The van der Waals surface area contributed by atoms with Crippen LogP contribution in [0.25, 0.3) is 0 Å². The van der Waals surface area contributed by atoms with Crippen LogP contribution >= 0.6 is 0 Å². The highest BCUT2D eigenvalue weighted by atomic mass is 16.6. The summed E-state index contributed by atoms with van der Waals surface area (Å²) in [7, 11) is 0. The lowest BCUT2D eigenvalue weighted by molar-refractivity contribution is -0.111. The maximum absolute atomic E-state index is 11.8. The molecule has 0 spiro atoms. The fraction of sp³-hybridized carbons (Fsp3) is 0.529. The van der Waals surface area contributed by atoms with Crippen LogP contribution in [0.2, 0.25) is 0 Å². The van der Waals surface area contributed by atoms with Crippen molar-refractivity contribution in [3.8, 4) is 0 Å².